The summed E-state index contributed by atoms with van der Waals surface area (Å²) in [6, 6.07) is 44.5. The van der Waals surface area contributed by atoms with E-state index in [4.69, 9.17) is 52.0 Å². The van der Waals surface area contributed by atoms with Crippen molar-refractivity contribution in [1.29, 1.82) is 5.53 Å². The van der Waals surface area contributed by atoms with Gasteiger partial charge in [-0.3, -0.25) is 9.59 Å². The molecule has 0 fully saturated rings. The van der Waals surface area contributed by atoms with E-state index in [1.165, 1.54) is 5.39 Å². The molecule has 0 spiro atoms. The molecule has 23 heteroatoms. The van der Waals surface area contributed by atoms with Gasteiger partial charge in [-0.2, -0.15) is 5.11 Å². The van der Waals surface area contributed by atoms with Crippen molar-refractivity contribution in [3.63, 3.8) is 0 Å². The first-order chi connectivity index (χ1) is 31.4. The third-order valence-corrected chi connectivity index (χ3v) is 10.3. The van der Waals surface area contributed by atoms with Gasteiger partial charge in [0.2, 0.25) is 0 Å². The quantitative estimate of drug-likeness (QED) is 0.0252. The number of anilines is 2. The molecule has 10 N–H and O–H groups in total. The molecule has 0 heterocycles. The second-order valence-corrected chi connectivity index (χ2v) is 15.7. The average Bonchev–Trinajstić information content (AvgIpc) is 3.28. The minimum Gasteiger partial charge on any atom is -1.00 e. The van der Waals surface area contributed by atoms with Crippen LogP contribution in [0.3, 0.4) is 0 Å². The molecule has 0 aliphatic carbocycles. The number of nitrogens with two attached hydrogens (primary N) is 2. The summed E-state index contributed by atoms with van der Waals surface area (Å²) >= 11 is 19.1. The molecule has 0 unspecified atom stereocenters. The smallest absolute Gasteiger partial charge is 1.00 e. The number of carboxylic acid groups (broad SMARTS) is 2. The molecular formula is C46H45BBr6N5Na2O9. The summed E-state index contributed by atoms with van der Waals surface area (Å²) in [5.41, 5.74) is 20.6. The number of phenolic OH excluding ortho intramolecular Hbond substituents is 2. The largest absolute Gasteiger partial charge is 1.00 e. The van der Waals surface area contributed by atoms with Crippen LogP contribution in [-0.2, 0) is 9.59 Å². The molecule has 14 nitrogen and oxygen atoms in total. The molecule has 0 saturated carbocycles. The van der Waals surface area contributed by atoms with Crippen LogP contribution in [0.4, 0.5) is 17.1 Å². The number of phenols is 2. The molecule has 69 heavy (non-hydrogen) atoms. The molecule has 0 aliphatic heterocycles. The third kappa shape index (κ3) is 27.3. The summed E-state index contributed by atoms with van der Waals surface area (Å²) in [4.78, 5) is 26.0. The maximum absolute atomic E-state index is 9.55. The topological polar surface area (TPSA) is 276 Å². The van der Waals surface area contributed by atoms with Crippen molar-refractivity contribution in [1.82, 2.24) is 0 Å². The second kappa shape index (κ2) is 41.5. The van der Waals surface area contributed by atoms with Gasteiger partial charge in [0.1, 0.15) is 17.2 Å². The van der Waals surface area contributed by atoms with Gasteiger partial charge in [0, 0.05) is 96.9 Å². The Kier molecular flexibility index (Phi) is 43.5. The number of aliphatic carboxylic acids is 2. The van der Waals surface area contributed by atoms with Gasteiger partial charge < -0.3 is 48.5 Å². The Balaban J connectivity index is -0.000000240. The zero-order valence-electron chi connectivity index (χ0n) is 38.7. The van der Waals surface area contributed by atoms with E-state index in [1.54, 1.807) is 25.1 Å². The van der Waals surface area contributed by atoms with E-state index in [0.717, 1.165) is 86.2 Å². The van der Waals surface area contributed by atoms with Crippen LogP contribution in [0.1, 0.15) is 22.2 Å². The number of nitrogens with zero attached hydrogens (tertiary/aromatic N) is 2. The van der Waals surface area contributed by atoms with Crippen LogP contribution >= 0.6 is 92.0 Å². The van der Waals surface area contributed by atoms with Crippen molar-refractivity contribution in [2.45, 2.75) is 20.8 Å². The number of hydrogen-bond acceptors (Lipinski definition) is 12. The Morgan fingerprint density at radius 1 is 0.609 bits per heavy atom. The normalized spacial score (nSPS) is 8.78. The molecule has 0 atom stereocenters. The summed E-state index contributed by atoms with van der Waals surface area (Å²) in [7, 11) is 0. The number of rotatable bonds is 1. The molecule has 8 aromatic rings. The Bertz CT molecular complexity index is 2790. The van der Waals surface area contributed by atoms with E-state index in [-0.39, 0.29) is 81.3 Å². The number of aliphatic hydroxyl groups excluding tert-OH is 1. The predicted molar refractivity (Wildman–Crippen MR) is 297 cm³/mol. The Labute approximate surface area is 496 Å². The predicted octanol–water partition coefficient (Wildman–Crippen LogP) is 9.51. The number of carbonyl (C=O) groups is 2. The van der Waals surface area contributed by atoms with Crippen LogP contribution in [0, 0.1) is 15.6 Å². The molecule has 0 bridgehead atoms. The Hall–Kier alpha value is -3.16. The van der Waals surface area contributed by atoms with Gasteiger partial charge in [-0.15, -0.1) is 5.34 Å². The van der Waals surface area contributed by atoms with E-state index >= 15 is 0 Å². The second-order valence-electron chi connectivity index (χ2n) is 12.3. The van der Waals surface area contributed by atoms with Gasteiger partial charge in [0.15, 0.2) is 0 Å². The van der Waals surface area contributed by atoms with Gasteiger partial charge in [-0.05, 0) is 80.1 Å². The van der Waals surface area contributed by atoms with Gasteiger partial charge in [-0.25, -0.2) is 5.53 Å². The standard InChI is InChI=1S/C10H7Br2N.C10H7BrN2O.C10H7BrO.C10H9N.2C2H4O2.C2H6O.B.Br2.HNO2.2Na.H/c11-8-5-9(12)10(13)7-4-2-1-3-6(7)8;11-8-5-9(14)10(13-12)7-4-2-1-3-6(7)8;11-10-6-8(12)5-7-3-1-2-4-9(7)10;11-10-7-3-5-8-4-1-2-6-9(8)10;2*1-2(3)4;1-2-3;;1-2;2-1-3;;;/h1-5H,13H2;1-5,12,14H;1-6,12H;1-7H,11H2;2*1H3,(H,3,4);3H,2H2,1H3;;;(H,2,3);;;/q;;;;;;;;;;2*+1;-1/p-1. The number of aliphatic hydroxyl groups is 1. The van der Waals surface area contributed by atoms with Crippen molar-refractivity contribution in [3.8, 4) is 11.5 Å². The zero-order chi connectivity index (χ0) is 50.4. The maximum atomic E-state index is 9.55. The van der Waals surface area contributed by atoms with E-state index in [1.807, 2.05) is 109 Å². The number of nitrogen functional groups attached to an aromatic ring is 2. The number of fused-ring (bicyclic) bond motifs is 4. The fourth-order valence-corrected chi connectivity index (χ4v) is 7.72. The molecule has 0 aromatic heterocycles. The average molecular weight is 1350 g/mol. The molecule has 8 rings (SSSR count). The van der Waals surface area contributed by atoms with Crippen LogP contribution in [0.15, 0.2) is 168 Å². The van der Waals surface area contributed by atoms with Crippen LogP contribution in [0.5, 0.6) is 11.5 Å². The van der Waals surface area contributed by atoms with Crippen molar-refractivity contribution in [2.24, 2.45) is 10.5 Å². The summed E-state index contributed by atoms with van der Waals surface area (Å²) in [6.07, 6.45) is 0. The van der Waals surface area contributed by atoms with Crippen molar-refractivity contribution < 1.29 is 95.7 Å². The number of halogens is 6. The Morgan fingerprint density at radius 2 is 0.957 bits per heavy atom. The van der Waals surface area contributed by atoms with Crippen LogP contribution in [-0.4, -0.2) is 52.5 Å². The molecule has 0 saturated heterocycles. The van der Waals surface area contributed by atoms with Crippen molar-refractivity contribution in [3.05, 3.63) is 168 Å². The van der Waals surface area contributed by atoms with Crippen molar-refractivity contribution >= 4 is 172 Å². The summed E-state index contributed by atoms with van der Waals surface area (Å²) in [6.45, 7) is 4.10. The molecule has 0 amide bonds. The minimum absolute atomic E-state index is 0. The number of aromatic hydroxyl groups is 2. The van der Waals surface area contributed by atoms with Crippen LogP contribution in [0.2, 0.25) is 0 Å². The molecule has 355 valence electrons. The zero-order valence-corrected chi connectivity index (χ0v) is 51.3. The Morgan fingerprint density at radius 3 is 1.42 bits per heavy atom. The van der Waals surface area contributed by atoms with E-state index in [2.05, 4.69) is 109 Å². The first kappa shape index (κ1) is 72.4. The first-order valence-electron chi connectivity index (χ1n) is 18.5. The molecular weight excluding hydrogens is 1300 g/mol. The number of nitrogens with one attached hydrogen (secondary N) is 1. The van der Waals surface area contributed by atoms with E-state index in [9.17, 15) is 10.2 Å². The molecule has 0 aliphatic rings. The third-order valence-electron chi connectivity index (χ3n) is 7.66. The SMILES string of the molecule is BrBr.CC(=O)O.CC(=O)O.CCO.N=Nc1c(O)cc(Br)c2ccccc12.Nc1c(Br)cc(Br)c2ccccc12.Nc1cccc2ccccc12.O=N[O-].Oc1cc(Br)c2ccccc2c1.[B].[H-].[Na+].[Na+]. The number of carboxylic acids is 2. The van der Waals surface area contributed by atoms with Gasteiger partial charge in [-0.1, -0.05) is 157 Å². The molecule has 8 aromatic carbocycles. The fourth-order valence-electron chi connectivity index (χ4n) is 5.24. The maximum Gasteiger partial charge on any atom is 1.00 e. The summed E-state index contributed by atoms with van der Waals surface area (Å²) < 4.78 is 3.72. The number of benzene rings is 8. The van der Waals surface area contributed by atoms with Crippen LogP contribution in [0.25, 0.3) is 43.1 Å². The van der Waals surface area contributed by atoms with Crippen molar-refractivity contribution in [2.75, 3.05) is 18.1 Å². The first-order valence-corrected chi connectivity index (χ1v) is 25.4. The van der Waals surface area contributed by atoms with E-state index in [0.29, 0.717) is 11.4 Å². The van der Waals surface area contributed by atoms with E-state index < -0.39 is 11.9 Å². The van der Waals surface area contributed by atoms with Gasteiger partial charge in [0.05, 0.1) is 5.69 Å². The molecule has 3 radical (unpaired) electrons. The van der Waals surface area contributed by atoms with Gasteiger partial charge in [0.25, 0.3) is 11.9 Å². The summed E-state index contributed by atoms with van der Waals surface area (Å²) in [5.74, 6) is -1.36. The minimum atomic E-state index is -0.833. The van der Waals surface area contributed by atoms with Gasteiger partial charge >= 0.3 is 59.1 Å². The summed E-state index contributed by atoms with van der Waals surface area (Å²) in [5, 5.41) is 62.0. The van der Waals surface area contributed by atoms with Crippen LogP contribution < -0.4 is 70.6 Å². The number of hydrogen-bond donors (Lipinski definition) is 8. The fraction of sp³-hybridized carbons (Fsp3) is 0.0870. The monoisotopic (exact) mass is 1340 g/mol.